The van der Waals surface area contributed by atoms with Gasteiger partial charge in [0.15, 0.2) is 0 Å². The smallest absolute Gasteiger partial charge is 0.110 e. The summed E-state index contributed by atoms with van der Waals surface area (Å²) >= 11 is 1.60. The zero-order valence-corrected chi connectivity index (χ0v) is 7.51. The second-order valence-electron chi connectivity index (χ2n) is 2.99. The number of thiophene rings is 1. The third kappa shape index (κ3) is 1.02. The van der Waals surface area contributed by atoms with E-state index in [0.29, 0.717) is 0 Å². The fraction of sp³-hybridized carbons (Fsp3) is 0.333. The number of rotatable bonds is 0. The Morgan fingerprint density at radius 1 is 1.42 bits per heavy atom. The van der Waals surface area contributed by atoms with Gasteiger partial charge < -0.3 is 10.2 Å². The average molecular weight is 182 g/mol. The summed E-state index contributed by atoms with van der Waals surface area (Å²) < 4.78 is 0. The van der Waals surface area contributed by atoms with Gasteiger partial charge in [0.2, 0.25) is 0 Å². The lowest BCUT2D eigenvalue weighted by Gasteiger charge is -2.19. The van der Waals surface area contributed by atoms with Gasteiger partial charge >= 0.3 is 0 Å². The first kappa shape index (κ1) is 7.98. The SMILES string of the molecule is Cc1csc2c1C(O)C(O)C=C2. The van der Waals surface area contributed by atoms with E-state index in [2.05, 4.69) is 0 Å². The topological polar surface area (TPSA) is 40.5 Å². The first-order valence-corrected chi connectivity index (χ1v) is 4.70. The number of hydrogen-bond donors (Lipinski definition) is 2. The molecule has 1 aliphatic carbocycles. The van der Waals surface area contributed by atoms with Crippen molar-refractivity contribution in [3.05, 3.63) is 27.5 Å². The molecule has 64 valence electrons. The molecule has 0 saturated carbocycles. The highest BCUT2D eigenvalue weighted by Crippen LogP contribution is 2.34. The van der Waals surface area contributed by atoms with E-state index in [1.165, 1.54) is 0 Å². The molecule has 2 atom stereocenters. The highest BCUT2D eigenvalue weighted by atomic mass is 32.1. The van der Waals surface area contributed by atoms with Gasteiger partial charge in [0.1, 0.15) is 12.2 Å². The zero-order valence-electron chi connectivity index (χ0n) is 6.69. The van der Waals surface area contributed by atoms with Gasteiger partial charge in [-0.25, -0.2) is 0 Å². The Bertz CT molecular complexity index is 327. The minimum absolute atomic E-state index is 0.740. The van der Waals surface area contributed by atoms with Crippen LogP contribution in [-0.4, -0.2) is 16.3 Å². The zero-order chi connectivity index (χ0) is 8.72. The number of hydrogen-bond acceptors (Lipinski definition) is 3. The molecule has 0 fully saturated rings. The van der Waals surface area contributed by atoms with E-state index in [-0.39, 0.29) is 0 Å². The summed E-state index contributed by atoms with van der Waals surface area (Å²) in [6.07, 6.45) is 2.01. The first-order valence-electron chi connectivity index (χ1n) is 3.82. The molecule has 1 heterocycles. The average Bonchev–Trinajstić information content (AvgIpc) is 2.41. The largest absolute Gasteiger partial charge is 0.386 e. The van der Waals surface area contributed by atoms with Crippen LogP contribution in [-0.2, 0) is 0 Å². The van der Waals surface area contributed by atoms with E-state index < -0.39 is 12.2 Å². The summed E-state index contributed by atoms with van der Waals surface area (Å²) in [5.41, 5.74) is 1.95. The quantitative estimate of drug-likeness (QED) is 0.638. The van der Waals surface area contributed by atoms with E-state index in [1.54, 1.807) is 17.4 Å². The van der Waals surface area contributed by atoms with E-state index >= 15 is 0 Å². The van der Waals surface area contributed by atoms with Gasteiger partial charge in [-0.15, -0.1) is 11.3 Å². The van der Waals surface area contributed by atoms with Crippen molar-refractivity contribution in [1.29, 1.82) is 0 Å². The van der Waals surface area contributed by atoms with Crippen LogP contribution in [0.1, 0.15) is 22.1 Å². The molecule has 2 unspecified atom stereocenters. The molecule has 0 aliphatic heterocycles. The second kappa shape index (κ2) is 2.69. The predicted octanol–water partition coefficient (Wildman–Crippen LogP) is 1.48. The summed E-state index contributed by atoms with van der Waals surface area (Å²) in [4.78, 5) is 1.06. The third-order valence-electron chi connectivity index (χ3n) is 2.12. The van der Waals surface area contributed by atoms with Crippen molar-refractivity contribution in [2.24, 2.45) is 0 Å². The first-order chi connectivity index (χ1) is 5.70. The molecule has 1 aliphatic rings. The van der Waals surface area contributed by atoms with Crippen molar-refractivity contribution in [3.8, 4) is 0 Å². The minimum atomic E-state index is -0.745. The Balaban J connectivity index is 2.55. The van der Waals surface area contributed by atoms with Gasteiger partial charge in [0.05, 0.1) is 0 Å². The van der Waals surface area contributed by atoms with E-state index in [1.807, 2.05) is 18.4 Å². The van der Waals surface area contributed by atoms with Crippen LogP contribution in [0.15, 0.2) is 11.5 Å². The molecule has 3 heteroatoms. The molecule has 0 spiro atoms. The Kier molecular flexibility index (Phi) is 1.79. The number of aryl methyl sites for hydroxylation is 1. The second-order valence-corrected chi connectivity index (χ2v) is 3.90. The Morgan fingerprint density at radius 3 is 2.92 bits per heavy atom. The number of aliphatic hydroxyl groups is 2. The molecule has 1 aromatic heterocycles. The fourth-order valence-electron chi connectivity index (χ4n) is 1.44. The summed E-state index contributed by atoms with van der Waals surface area (Å²) in [7, 11) is 0. The normalized spacial score (nSPS) is 27.2. The van der Waals surface area contributed by atoms with Crippen LogP contribution in [0.3, 0.4) is 0 Å². The van der Waals surface area contributed by atoms with Gasteiger partial charge in [0, 0.05) is 10.4 Å². The lowest BCUT2D eigenvalue weighted by Crippen LogP contribution is -2.18. The van der Waals surface area contributed by atoms with Crippen molar-refractivity contribution >= 4 is 17.4 Å². The summed E-state index contributed by atoms with van der Waals surface area (Å²) in [6.45, 7) is 1.95. The van der Waals surface area contributed by atoms with Crippen LogP contribution in [0.4, 0.5) is 0 Å². The molecular formula is C9H10O2S. The monoisotopic (exact) mass is 182 g/mol. The highest BCUT2D eigenvalue weighted by molar-refractivity contribution is 7.11. The molecule has 1 aromatic rings. The number of aliphatic hydroxyl groups excluding tert-OH is 2. The summed E-state index contributed by atoms with van der Waals surface area (Å²) in [5, 5.41) is 20.9. The van der Waals surface area contributed by atoms with Gasteiger partial charge in [-0.1, -0.05) is 6.08 Å². The van der Waals surface area contributed by atoms with Crippen molar-refractivity contribution < 1.29 is 10.2 Å². The Hall–Kier alpha value is -0.640. The van der Waals surface area contributed by atoms with Crippen LogP contribution in [0.2, 0.25) is 0 Å². The fourth-order valence-corrected chi connectivity index (χ4v) is 2.44. The molecule has 12 heavy (non-hydrogen) atoms. The molecule has 0 aromatic carbocycles. The van der Waals surface area contributed by atoms with Crippen LogP contribution >= 0.6 is 11.3 Å². The maximum Gasteiger partial charge on any atom is 0.110 e. The molecule has 2 N–H and O–H groups in total. The molecular weight excluding hydrogens is 172 g/mol. The van der Waals surface area contributed by atoms with Crippen LogP contribution < -0.4 is 0 Å². The molecule has 0 radical (unpaired) electrons. The van der Waals surface area contributed by atoms with E-state index in [9.17, 15) is 10.2 Å². The molecule has 0 bridgehead atoms. The van der Waals surface area contributed by atoms with Crippen LogP contribution in [0, 0.1) is 6.92 Å². The molecule has 0 saturated heterocycles. The van der Waals surface area contributed by atoms with Gasteiger partial charge in [-0.2, -0.15) is 0 Å². The van der Waals surface area contributed by atoms with Crippen molar-refractivity contribution in [2.45, 2.75) is 19.1 Å². The third-order valence-corrected chi connectivity index (χ3v) is 3.20. The molecule has 2 rings (SSSR count). The van der Waals surface area contributed by atoms with E-state index in [0.717, 1.165) is 16.0 Å². The number of fused-ring (bicyclic) bond motifs is 1. The highest BCUT2D eigenvalue weighted by Gasteiger charge is 2.24. The van der Waals surface area contributed by atoms with Crippen LogP contribution in [0.5, 0.6) is 0 Å². The van der Waals surface area contributed by atoms with Crippen LogP contribution in [0.25, 0.3) is 6.08 Å². The standard InChI is InChI=1S/C9H10O2S/c1-5-4-12-7-3-2-6(10)9(11)8(5)7/h2-4,6,9-11H,1H3. The summed E-state index contributed by atoms with van der Waals surface area (Å²) in [5.74, 6) is 0. The van der Waals surface area contributed by atoms with Crippen molar-refractivity contribution in [3.63, 3.8) is 0 Å². The Morgan fingerprint density at radius 2 is 2.17 bits per heavy atom. The van der Waals surface area contributed by atoms with Gasteiger partial charge in [0.25, 0.3) is 0 Å². The lowest BCUT2D eigenvalue weighted by molar-refractivity contribution is 0.0470. The summed E-state index contributed by atoms with van der Waals surface area (Å²) in [6, 6.07) is 0. The predicted molar refractivity (Wildman–Crippen MR) is 49.1 cm³/mol. The van der Waals surface area contributed by atoms with Crippen molar-refractivity contribution in [2.75, 3.05) is 0 Å². The molecule has 2 nitrogen and oxygen atoms in total. The minimum Gasteiger partial charge on any atom is -0.386 e. The van der Waals surface area contributed by atoms with Crippen molar-refractivity contribution in [1.82, 2.24) is 0 Å². The van der Waals surface area contributed by atoms with Gasteiger partial charge in [-0.05, 0) is 23.9 Å². The maximum absolute atomic E-state index is 9.60. The molecule has 0 amide bonds. The maximum atomic E-state index is 9.60. The Labute approximate surface area is 74.8 Å². The van der Waals surface area contributed by atoms with Gasteiger partial charge in [-0.3, -0.25) is 0 Å². The van der Waals surface area contributed by atoms with E-state index in [4.69, 9.17) is 0 Å². The lowest BCUT2D eigenvalue weighted by atomic mass is 9.96.